The third-order valence-corrected chi connectivity index (χ3v) is 4.61. The molecule has 0 unspecified atom stereocenters. The molecule has 2 aromatic carbocycles. The highest BCUT2D eigenvalue weighted by molar-refractivity contribution is 5.93. The standard InChI is InChI=1S/C24H33N3O4/c1-3-25-24(27-21-9-10-22-23(16-21)31-12-6-11-30-22)26-17-19-7-5-8-20(15-19)18-29-14-13-28-4-2/h5,7-10,15-16H,3-4,6,11-14,17-18H2,1-2H3,(H2,25,26,27). The molecule has 0 saturated carbocycles. The third kappa shape index (κ3) is 7.77. The van der Waals surface area contributed by atoms with Gasteiger partial charge in [0, 0.05) is 31.3 Å². The molecule has 0 spiro atoms. The Bertz CT molecular complexity index is 841. The molecule has 3 rings (SSSR count). The van der Waals surface area contributed by atoms with Crippen LogP contribution in [0.1, 0.15) is 31.4 Å². The fraction of sp³-hybridized carbons (Fsp3) is 0.458. The summed E-state index contributed by atoms with van der Waals surface area (Å²) >= 11 is 0. The number of benzene rings is 2. The molecule has 7 nitrogen and oxygen atoms in total. The average molecular weight is 428 g/mol. The fourth-order valence-corrected chi connectivity index (χ4v) is 3.13. The molecule has 1 heterocycles. The van der Waals surface area contributed by atoms with Crippen molar-refractivity contribution >= 4 is 11.6 Å². The SMILES string of the molecule is CCNC(=NCc1cccc(COCCOCC)c1)Nc1ccc2c(c1)OCCCO2. The molecule has 1 aliphatic rings. The number of fused-ring (bicyclic) bond motifs is 1. The van der Waals surface area contributed by atoms with Crippen LogP contribution in [0, 0.1) is 0 Å². The lowest BCUT2D eigenvalue weighted by Crippen LogP contribution is -2.30. The zero-order chi connectivity index (χ0) is 21.7. The first-order chi connectivity index (χ1) is 15.3. The highest BCUT2D eigenvalue weighted by atomic mass is 16.5. The predicted molar refractivity (Wildman–Crippen MR) is 123 cm³/mol. The van der Waals surface area contributed by atoms with E-state index in [1.54, 1.807) is 0 Å². The Morgan fingerprint density at radius 3 is 2.61 bits per heavy atom. The lowest BCUT2D eigenvalue weighted by Gasteiger charge is -2.14. The van der Waals surface area contributed by atoms with Crippen LogP contribution in [0.15, 0.2) is 47.5 Å². The molecule has 0 saturated heterocycles. The highest BCUT2D eigenvalue weighted by Gasteiger charge is 2.11. The Hall–Kier alpha value is -2.77. The van der Waals surface area contributed by atoms with Crippen LogP contribution in [0.25, 0.3) is 0 Å². The maximum Gasteiger partial charge on any atom is 0.196 e. The first kappa shape index (κ1) is 22.9. The quantitative estimate of drug-likeness (QED) is 0.339. The van der Waals surface area contributed by atoms with Crippen LogP contribution < -0.4 is 20.1 Å². The number of rotatable bonds is 10. The van der Waals surface area contributed by atoms with Gasteiger partial charge in [-0.05, 0) is 37.1 Å². The van der Waals surface area contributed by atoms with Crippen molar-refractivity contribution in [3.05, 3.63) is 53.6 Å². The van der Waals surface area contributed by atoms with Crippen molar-refractivity contribution in [1.29, 1.82) is 0 Å². The van der Waals surface area contributed by atoms with Crippen LogP contribution in [0.5, 0.6) is 11.5 Å². The van der Waals surface area contributed by atoms with Crippen molar-refractivity contribution in [1.82, 2.24) is 5.32 Å². The number of hydrogen-bond acceptors (Lipinski definition) is 5. The Labute approximate surface area is 184 Å². The van der Waals surface area contributed by atoms with Gasteiger partial charge in [0.25, 0.3) is 0 Å². The first-order valence-electron chi connectivity index (χ1n) is 11.0. The molecule has 0 atom stereocenters. The monoisotopic (exact) mass is 427 g/mol. The molecule has 0 fully saturated rings. The summed E-state index contributed by atoms with van der Waals surface area (Å²) in [6.45, 7) is 9.21. The van der Waals surface area contributed by atoms with Crippen molar-refractivity contribution in [3.63, 3.8) is 0 Å². The number of hydrogen-bond donors (Lipinski definition) is 2. The molecule has 1 aliphatic heterocycles. The minimum Gasteiger partial charge on any atom is -0.490 e. The third-order valence-electron chi connectivity index (χ3n) is 4.61. The molecule has 31 heavy (non-hydrogen) atoms. The van der Waals surface area contributed by atoms with E-state index < -0.39 is 0 Å². The van der Waals surface area contributed by atoms with Gasteiger partial charge in [-0.2, -0.15) is 0 Å². The lowest BCUT2D eigenvalue weighted by atomic mass is 10.1. The summed E-state index contributed by atoms with van der Waals surface area (Å²) in [6.07, 6.45) is 0.887. The molecular weight excluding hydrogens is 394 g/mol. The molecule has 2 aromatic rings. The van der Waals surface area contributed by atoms with E-state index in [0.29, 0.717) is 46.2 Å². The summed E-state index contributed by atoms with van der Waals surface area (Å²) in [4.78, 5) is 4.73. The van der Waals surface area contributed by atoms with E-state index in [1.165, 1.54) is 0 Å². The number of aliphatic imine (C=N–C) groups is 1. The maximum absolute atomic E-state index is 5.78. The fourth-order valence-electron chi connectivity index (χ4n) is 3.13. The molecule has 168 valence electrons. The molecule has 0 radical (unpaired) electrons. The highest BCUT2D eigenvalue weighted by Crippen LogP contribution is 2.32. The Kier molecular flexibility index (Phi) is 9.47. The van der Waals surface area contributed by atoms with Crippen molar-refractivity contribution in [2.24, 2.45) is 4.99 Å². The number of nitrogens with one attached hydrogen (secondary N) is 2. The van der Waals surface area contributed by atoms with E-state index in [1.807, 2.05) is 38.1 Å². The van der Waals surface area contributed by atoms with Crippen molar-refractivity contribution in [3.8, 4) is 11.5 Å². The van der Waals surface area contributed by atoms with E-state index in [9.17, 15) is 0 Å². The van der Waals surface area contributed by atoms with E-state index in [4.69, 9.17) is 23.9 Å². The predicted octanol–water partition coefficient (Wildman–Crippen LogP) is 3.98. The van der Waals surface area contributed by atoms with Crippen LogP contribution in [0.2, 0.25) is 0 Å². The second kappa shape index (κ2) is 12.8. The summed E-state index contributed by atoms with van der Waals surface area (Å²) < 4.78 is 22.4. The second-order valence-electron chi connectivity index (χ2n) is 7.10. The van der Waals surface area contributed by atoms with Crippen LogP contribution in [0.3, 0.4) is 0 Å². The topological polar surface area (TPSA) is 73.3 Å². The number of guanidine groups is 1. The van der Waals surface area contributed by atoms with Gasteiger partial charge >= 0.3 is 0 Å². The summed E-state index contributed by atoms with van der Waals surface area (Å²) in [5, 5.41) is 6.64. The van der Waals surface area contributed by atoms with Crippen molar-refractivity contribution in [2.75, 3.05) is 44.9 Å². The zero-order valence-corrected chi connectivity index (χ0v) is 18.5. The molecule has 0 bridgehead atoms. The lowest BCUT2D eigenvalue weighted by molar-refractivity contribution is 0.0453. The van der Waals surface area contributed by atoms with Crippen molar-refractivity contribution in [2.45, 2.75) is 33.4 Å². The Morgan fingerprint density at radius 1 is 0.968 bits per heavy atom. The zero-order valence-electron chi connectivity index (χ0n) is 18.5. The largest absolute Gasteiger partial charge is 0.490 e. The van der Waals surface area contributed by atoms with Crippen molar-refractivity contribution < 1.29 is 18.9 Å². The van der Waals surface area contributed by atoms with E-state index in [0.717, 1.165) is 47.2 Å². The molecule has 0 amide bonds. The van der Waals surface area contributed by atoms with Gasteiger partial charge in [0.1, 0.15) is 0 Å². The number of ether oxygens (including phenoxy) is 4. The molecular formula is C24H33N3O4. The average Bonchev–Trinajstić information content (AvgIpc) is 3.03. The minimum atomic E-state index is 0.562. The van der Waals surface area contributed by atoms with E-state index in [2.05, 4.69) is 28.8 Å². The minimum absolute atomic E-state index is 0.562. The second-order valence-corrected chi connectivity index (χ2v) is 7.10. The molecule has 2 N–H and O–H groups in total. The summed E-state index contributed by atoms with van der Waals surface area (Å²) in [6, 6.07) is 14.2. The van der Waals surface area contributed by atoms with Gasteiger partial charge < -0.3 is 29.6 Å². The van der Waals surface area contributed by atoms with Gasteiger partial charge in [-0.25, -0.2) is 4.99 Å². The van der Waals surface area contributed by atoms with Crippen LogP contribution in [-0.2, 0) is 22.6 Å². The summed E-state index contributed by atoms with van der Waals surface area (Å²) in [5.41, 5.74) is 3.16. The first-order valence-corrected chi connectivity index (χ1v) is 11.0. The molecule has 0 aliphatic carbocycles. The van der Waals surface area contributed by atoms with Crippen LogP contribution >= 0.6 is 0 Å². The van der Waals surface area contributed by atoms with Gasteiger partial charge in [-0.3, -0.25) is 0 Å². The molecule has 0 aromatic heterocycles. The van der Waals surface area contributed by atoms with Gasteiger partial charge in [-0.1, -0.05) is 24.3 Å². The smallest absolute Gasteiger partial charge is 0.196 e. The Balaban J connectivity index is 1.59. The van der Waals surface area contributed by atoms with Crippen LogP contribution in [-0.4, -0.2) is 45.5 Å². The Morgan fingerprint density at radius 2 is 1.77 bits per heavy atom. The number of anilines is 1. The summed E-state index contributed by atoms with van der Waals surface area (Å²) in [5.74, 6) is 2.26. The summed E-state index contributed by atoms with van der Waals surface area (Å²) in [7, 11) is 0. The normalized spacial score (nSPS) is 13.5. The molecule has 7 heteroatoms. The maximum atomic E-state index is 5.78. The van der Waals surface area contributed by atoms with E-state index >= 15 is 0 Å². The van der Waals surface area contributed by atoms with E-state index in [-0.39, 0.29) is 0 Å². The van der Waals surface area contributed by atoms with Gasteiger partial charge in [0.15, 0.2) is 17.5 Å². The van der Waals surface area contributed by atoms with Crippen LogP contribution in [0.4, 0.5) is 5.69 Å². The number of nitrogens with zero attached hydrogens (tertiary/aromatic N) is 1. The van der Waals surface area contributed by atoms with Gasteiger partial charge in [0.2, 0.25) is 0 Å². The van der Waals surface area contributed by atoms with Gasteiger partial charge in [-0.15, -0.1) is 0 Å². The van der Waals surface area contributed by atoms with Gasteiger partial charge in [0.05, 0.1) is 39.6 Å².